The molecule has 0 saturated heterocycles. The average molecular weight is 208 g/mol. The van der Waals surface area contributed by atoms with Crippen molar-refractivity contribution >= 4 is 10.2 Å². The minimum Gasteiger partial charge on any atom is -0.202 e. The topological polar surface area (TPSA) is 58.2 Å². The lowest BCUT2D eigenvalue weighted by atomic mass is 10.1. The Balaban J connectivity index is 4.11. The van der Waals surface area contributed by atoms with Gasteiger partial charge >= 0.3 is 0 Å². The van der Waals surface area contributed by atoms with Crippen molar-refractivity contribution in [3.63, 3.8) is 0 Å². The number of hydrogen-bond donors (Lipinski definition) is 2. The monoisotopic (exact) mass is 208 g/mol. The van der Waals surface area contributed by atoms with E-state index in [4.69, 9.17) is 0 Å². The number of rotatable bonds is 4. The minimum absolute atomic E-state index is 0.316. The number of nitrogens with one attached hydrogen (secondary N) is 2. The lowest BCUT2D eigenvalue weighted by Gasteiger charge is -2.20. The summed E-state index contributed by atoms with van der Waals surface area (Å²) in [4.78, 5) is 0. The lowest BCUT2D eigenvalue weighted by molar-refractivity contribution is 0.478. The van der Waals surface area contributed by atoms with Crippen LogP contribution >= 0.6 is 0 Å². The van der Waals surface area contributed by atoms with Crippen LogP contribution in [0.25, 0.3) is 0 Å². The van der Waals surface area contributed by atoms with E-state index in [1.54, 1.807) is 0 Å². The summed E-state index contributed by atoms with van der Waals surface area (Å²) in [5, 5.41) is 0. The van der Waals surface area contributed by atoms with Crippen molar-refractivity contribution < 1.29 is 8.42 Å². The van der Waals surface area contributed by atoms with Gasteiger partial charge in [0.15, 0.2) is 0 Å². The Hall–Kier alpha value is -0.130. The van der Waals surface area contributed by atoms with E-state index < -0.39 is 15.7 Å². The second-order valence-corrected chi connectivity index (χ2v) is 6.10. The van der Waals surface area contributed by atoms with Crippen LogP contribution in [0, 0.1) is 5.92 Å². The van der Waals surface area contributed by atoms with Gasteiger partial charge in [0.05, 0.1) is 0 Å². The molecule has 5 heteroatoms. The summed E-state index contributed by atoms with van der Waals surface area (Å²) < 4.78 is 27.6. The van der Waals surface area contributed by atoms with Crippen molar-refractivity contribution in [2.75, 3.05) is 6.54 Å². The molecule has 0 saturated carbocycles. The first-order valence-corrected chi connectivity index (χ1v) is 5.89. The first-order valence-electron chi connectivity index (χ1n) is 4.41. The molecule has 0 aromatic heterocycles. The normalized spacial score (nSPS) is 13.7. The van der Waals surface area contributed by atoms with E-state index in [-0.39, 0.29) is 0 Å². The molecule has 2 N–H and O–H groups in total. The van der Waals surface area contributed by atoms with Crippen LogP contribution in [0.5, 0.6) is 0 Å². The molecule has 0 bridgehead atoms. The molecule has 0 unspecified atom stereocenters. The molecule has 0 aliphatic carbocycles. The predicted molar refractivity (Wildman–Crippen MR) is 54.6 cm³/mol. The highest BCUT2D eigenvalue weighted by atomic mass is 32.2. The highest BCUT2D eigenvalue weighted by Crippen LogP contribution is 2.00. The van der Waals surface area contributed by atoms with Crippen molar-refractivity contribution in [2.45, 2.75) is 40.2 Å². The smallest absolute Gasteiger partial charge is 0.202 e. The van der Waals surface area contributed by atoms with E-state index >= 15 is 0 Å². The molecule has 0 spiro atoms. The molecule has 0 aromatic rings. The molecule has 80 valence electrons. The summed E-state index contributed by atoms with van der Waals surface area (Å²) in [5.41, 5.74) is -0.428. The number of hydrogen-bond acceptors (Lipinski definition) is 2. The van der Waals surface area contributed by atoms with Crippen molar-refractivity contribution in [3.8, 4) is 0 Å². The second kappa shape index (κ2) is 4.39. The van der Waals surface area contributed by atoms with Crippen LogP contribution in [0.1, 0.15) is 34.6 Å². The van der Waals surface area contributed by atoms with Crippen LogP contribution in [0.2, 0.25) is 0 Å². The summed E-state index contributed by atoms with van der Waals surface area (Å²) in [5.74, 6) is 0.316. The molecule has 0 fully saturated rings. The third-order valence-corrected chi connectivity index (χ3v) is 2.55. The Morgan fingerprint density at radius 3 is 2.00 bits per heavy atom. The third kappa shape index (κ3) is 8.21. The Kier molecular flexibility index (Phi) is 4.35. The molecular formula is C8H20N2O2S. The first-order chi connectivity index (χ1) is 5.62. The molecule has 0 amide bonds. The quantitative estimate of drug-likeness (QED) is 0.720. The van der Waals surface area contributed by atoms with Crippen LogP contribution in [-0.2, 0) is 10.2 Å². The maximum Gasteiger partial charge on any atom is 0.277 e. The fraction of sp³-hybridized carbons (Fsp3) is 1.00. The highest BCUT2D eigenvalue weighted by Gasteiger charge is 2.19. The molecule has 0 heterocycles. The molecule has 0 radical (unpaired) electrons. The van der Waals surface area contributed by atoms with Crippen LogP contribution in [0.15, 0.2) is 0 Å². The van der Waals surface area contributed by atoms with E-state index in [9.17, 15) is 8.42 Å². The zero-order chi connectivity index (χ0) is 10.7. The van der Waals surface area contributed by atoms with Gasteiger partial charge in [0, 0.05) is 12.1 Å². The Labute approximate surface area is 81.3 Å². The van der Waals surface area contributed by atoms with Gasteiger partial charge in [-0.1, -0.05) is 13.8 Å². The molecule has 0 aliphatic heterocycles. The highest BCUT2D eigenvalue weighted by molar-refractivity contribution is 7.87. The summed E-state index contributed by atoms with van der Waals surface area (Å²) >= 11 is 0. The van der Waals surface area contributed by atoms with E-state index in [0.29, 0.717) is 12.5 Å². The van der Waals surface area contributed by atoms with E-state index in [2.05, 4.69) is 9.44 Å². The summed E-state index contributed by atoms with van der Waals surface area (Å²) in [7, 11) is -3.33. The third-order valence-electron chi connectivity index (χ3n) is 1.12. The molecule has 13 heavy (non-hydrogen) atoms. The van der Waals surface area contributed by atoms with E-state index in [0.717, 1.165) is 0 Å². The van der Waals surface area contributed by atoms with Gasteiger partial charge in [-0.3, -0.25) is 0 Å². The lowest BCUT2D eigenvalue weighted by Crippen LogP contribution is -2.47. The SMILES string of the molecule is CC(C)CNS(=O)(=O)NC(C)(C)C. The van der Waals surface area contributed by atoms with Crippen molar-refractivity contribution in [1.29, 1.82) is 0 Å². The van der Waals surface area contributed by atoms with Gasteiger partial charge in [-0.15, -0.1) is 0 Å². The van der Waals surface area contributed by atoms with Gasteiger partial charge in [-0.25, -0.2) is 4.72 Å². The molecule has 0 aliphatic rings. The van der Waals surface area contributed by atoms with Crippen LogP contribution < -0.4 is 9.44 Å². The molecule has 4 nitrogen and oxygen atoms in total. The van der Waals surface area contributed by atoms with Crippen molar-refractivity contribution in [1.82, 2.24) is 9.44 Å². The fourth-order valence-electron chi connectivity index (χ4n) is 0.716. The van der Waals surface area contributed by atoms with Crippen LogP contribution in [0.4, 0.5) is 0 Å². The maximum absolute atomic E-state index is 11.3. The van der Waals surface area contributed by atoms with E-state index in [1.807, 2.05) is 34.6 Å². The Morgan fingerprint density at radius 2 is 1.69 bits per heavy atom. The molecule has 0 aromatic carbocycles. The van der Waals surface area contributed by atoms with Crippen molar-refractivity contribution in [2.24, 2.45) is 5.92 Å². The van der Waals surface area contributed by atoms with Crippen LogP contribution in [0.3, 0.4) is 0 Å². The van der Waals surface area contributed by atoms with Gasteiger partial charge in [0.1, 0.15) is 0 Å². The summed E-state index contributed by atoms with van der Waals surface area (Å²) in [6.07, 6.45) is 0. The van der Waals surface area contributed by atoms with Gasteiger partial charge in [0.25, 0.3) is 10.2 Å². The van der Waals surface area contributed by atoms with Gasteiger partial charge in [-0.05, 0) is 26.7 Å². The Bertz CT molecular complexity index is 239. The summed E-state index contributed by atoms with van der Waals surface area (Å²) in [6.45, 7) is 9.80. The average Bonchev–Trinajstić information content (AvgIpc) is 1.78. The molecule has 0 rings (SSSR count). The Morgan fingerprint density at radius 1 is 1.23 bits per heavy atom. The zero-order valence-electron chi connectivity index (χ0n) is 9.01. The minimum atomic E-state index is -3.33. The largest absolute Gasteiger partial charge is 0.277 e. The van der Waals surface area contributed by atoms with Crippen LogP contribution in [-0.4, -0.2) is 20.5 Å². The van der Waals surface area contributed by atoms with Crippen molar-refractivity contribution in [3.05, 3.63) is 0 Å². The standard InChI is InChI=1S/C8H20N2O2S/c1-7(2)6-9-13(11,12)10-8(3,4)5/h7,9-10H,6H2,1-5H3. The molecule has 0 atom stereocenters. The first kappa shape index (κ1) is 12.9. The maximum atomic E-state index is 11.3. The molecular weight excluding hydrogens is 188 g/mol. The second-order valence-electron chi connectivity index (χ2n) is 4.60. The van der Waals surface area contributed by atoms with Gasteiger partial charge in [-0.2, -0.15) is 13.1 Å². The van der Waals surface area contributed by atoms with Gasteiger partial charge < -0.3 is 0 Å². The fourth-order valence-corrected chi connectivity index (χ4v) is 2.15. The van der Waals surface area contributed by atoms with Gasteiger partial charge in [0.2, 0.25) is 0 Å². The zero-order valence-corrected chi connectivity index (χ0v) is 9.83. The van der Waals surface area contributed by atoms with E-state index in [1.165, 1.54) is 0 Å². The predicted octanol–water partition coefficient (Wildman–Crippen LogP) is 0.865. The summed E-state index contributed by atoms with van der Waals surface area (Å²) in [6, 6.07) is 0.